The second kappa shape index (κ2) is 8.82. The van der Waals surface area contributed by atoms with Crippen molar-refractivity contribution in [2.75, 3.05) is 13.1 Å². The van der Waals surface area contributed by atoms with Gasteiger partial charge in [0.2, 0.25) is 5.91 Å². The number of hydrogen-bond donors (Lipinski definition) is 2. The van der Waals surface area contributed by atoms with Gasteiger partial charge in [0.15, 0.2) is 0 Å². The van der Waals surface area contributed by atoms with Crippen molar-refractivity contribution in [3.8, 4) is 0 Å². The molecule has 0 radical (unpaired) electrons. The van der Waals surface area contributed by atoms with Crippen LogP contribution in [0.25, 0.3) is 0 Å². The lowest BCUT2D eigenvalue weighted by Gasteiger charge is -2.44. The zero-order valence-corrected chi connectivity index (χ0v) is 16.6. The van der Waals surface area contributed by atoms with Gasteiger partial charge in [-0.15, -0.1) is 12.4 Å². The summed E-state index contributed by atoms with van der Waals surface area (Å²) in [6.45, 7) is 9.07. The normalized spacial score (nSPS) is 20.3. The van der Waals surface area contributed by atoms with Crippen LogP contribution in [0.5, 0.6) is 0 Å². The Morgan fingerprint density at radius 2 is 1.85 bits per heavy atom. The molecule has 5 nitrogen and oxygen atoms in total. The van der Waals surface area contributed by atoms with E-state index in [2.05, 4.69) is 19.2 Å². The summed E-state index contributed by atoms with van der Waals surface area (Å²) in [6.07, 6.45) is 0.745. The van der Waals surface area contributed by atoms with Gasteiger partial charge in [-0.05, 0) is 42.0 Å². The zero-order valence-electron chi connectivity index (χ0n) is 15.8. The van der Waals surface area contributed by atoms with Gasteiger partial charge in [-0.2, -0.15) is 0 Å². The number of carbonyl (C=O) groups excluding carboxylic acids is 2. The van der Waals surface area contributed by atoms with Crippen LogP contribution in [0.15, 0.2) is 24.3 Å². The lowest BCUT2D eigenvalue weighted by atomic mass is 9.79. The van der Waals surface area contributed by atoms with Crippen molar-refractivity contribution in [1.29, 1.82) is 0 Å². The summed E-state index contributed by atoms with van der Waals surface area (Å²) < 4.78 is 13.0. The van der Waals surface area contributed by atoms with Crippen molar-refractivity contribution in [2.24, 2.45) is 17.1 Å². The molecule has 146 valence electrons. The smallest absolute Gasteiger partial charge is 0.251 e. The summed E-state index contributed by atoms with van der Waals surface area (Å²) in [5.74, 6) is -0.930. The third-order valence-corrected chi connectivity index (χ3v) is 4.95. The summed E-state index contributed by atoms with van der Waals surface area (Å²) in [6, 6.07) is 4.72. The van der Waals surface area contributed by atoms with E-state index in [4.69, 9.17) is 5.73 Å². The second-order valence-corrected chi connectivity index (χ2v) is 7.85. The van der Waals surface area contributed by atoms with E-state index in [-0.39, 0.29) is 41.6 Å². The van der Waals surface area contributed by atoms with Crippen LogP contribution in [0.3, 0.4) is 0 Å². The summed E-state index contributed by atoms with van der Waals surface area (Å²) in [5.41, 5.74) is 6.32. The lowest BCUT2D eigenvalue weighted by Crippen LogP contribution is -2.59. The maximum atomic E-state index is 13.0. The van der Waals surface area contributed by atoms with Crippen molar-refractivity contribution in [3.63, 3.8) is 0 Å². The number of benzene rings is 1. The Morgan fingerprint density at radius 1 is 1.27 bits per heavy atom. The lowest BCUT2D eigenvalue weighted by molar-refractivity contribution is -0.137. The second-order valence-electron chi connectivity index (χ2n) is 7.85. The van der Waals surface area contributed by atoms with E-state index >= 15 is 0 Å². The van der Waals surface area contributed by atoms with Crippen LogP contribution in [0, 0.1) is 17.2 Å². The fraction of sp³-hybridized carbons (Fsp3) is 0.579. The van der Waals surface area contributed by atoms with Crippen LogP contribution in [-0.4, -0.2) is 41.9 Å². The summed E-state index contributed by atoms with van der Waals surface area (Å²) in [4.78, 5) is 27.2. The summed E-state index contributed by atoms with van der Waals surface area (Å²) >= 11 is 0. The largest absolute Gasteiger partial charge is 0.340 e. The van der Waals surface area contributed by atoms with Gasteiger partial charge < -0.3 is 16.0 Å². The molecule has 2 amide bonds. The number of nitrogens with two attached hydrogens (primary N) is 1. The number of halogens is 2. The van der Waals surface area contributed by atoms with E-state index in [9.17, 15) is 14.0 Å². The first-order valence-corrected chi connectivity index (χ1v) is 8.72. The maximum Gasteiger partial charge on any atom is 0.251 e. The molecule has 1 heterocycles. The molecule has 26 heavy (non-hydrogen) atoms. The molecule has 1 aromatic carbocycles. The molecule has 2 atom stereocenters. The minimum Gasteiger partial charge on any atom is -0.340 e. The van der Waals surface area contributed by atoms with Crippen molar-refractivity contribution < 1.29 is 14.0 Å². The Balaban J connectivity index is 0.00000338. The molecule has 7 heteroatoms. The van der Waals surface area contributed by atoms with Gasteiger partial charge in [0.05, 0.1) is 0 Å². The van der Waals surface area contributed by atoms with Crippen LogP contribution in [-0.2, 0) is 4.79 Å². The number of piperidine rings is 1. The highest BCUT2D eigenvalue weighted by molar-refractivity contribution is 5.97. The molecule has 2 rings (SSSR count). The highest BCUT2D eigenvalue weighted by Crippen LogP contribution is 2.28. The fourth-order valence-electron chi connectivity index (χ4n) is 3.10. The Morgan fingerprint density at radius 3 is 2.35 bits per heavy atom. The molecule has 1 fully saturated rings. The molecule has 1 aromatic rings. The van der Waals surface area contributed by atoms with E-state index in [1.54, 1.807) is 4.90 Å². The summed E-state index contributed by atoms with van der Waals surface area (Å²) in [7, 11) is 0. The number of nitrogens with zero attached hydrogens (tertiary/aromatic N) is 1. The predicted molar refractivity (Wildman–Crippen MR) is 103 cm³/mol. The van der Waals surface area contributed by atoms with E-state index in [1.165, 1.54) is 24.3 Å². The van der Waals surface area contributed by atoms with E-state index < -0.39 is 11.9 Å². The third-order valence-electron chi connectivity index (χ3n) is 4.95. The molecule has 1 aliphatic rings. The van der Waals surface area contributed by atoms with Gasteiger partial charge in [0.25, 0.3) is 5.91 Å². The first-order valence-electron chi connectivity index (χ1n) is 8.72. The number of carbonyl (C=O) groups is 2. The van der Waals surface area contributed by atoms with Crippen molar-refractivity contribution in [2.45, 2.75) is 46.2 Å². The number of nitrogens with one attached hydrogen (secondary N) is 1. The first-order chi connectivity index (χ1) is 11.6. The van der Waals surface area contributed by atoms with E-state index in [0.717, 1.165) is 6.42 Å². The molecule has 3 N–H and O–H groups in total. The monoisotopic (exact) mass is 385 g/mol. The standard InChI is InChI=1S/C19H28FN3O2.ClH/c1-12(2)16(22-17(24)13-5-7-14(20)8-6-13)18(25)23-10-9-15(21)19(3,4)11-23;/h5-8,12,15-16H,9-11,21H2,1-4H3,(H,22,24);1H. The molecule has 0 bridgehead atoms. The highest BCUT2D eigenvalue weighted by atomic mass is 35.5. The number of amides is 2. The minimum atomic E-state index is -0.623. The van der Waals surface area contributed by atoms with Crippen LogP contribution in [0.2, 0.25) is 0 Å². The Hall–Kier alpha value is -1.66. The minimum absolute atomic E-state index is 0. The van der Waals surface area contributed by atoms with Gasteiger partial charge in [0, 0.05) is 24.7 Å². The number of rotatable bonds is 4. The predicted octanol–water partition coefficient (Wildman–Crippen LogP) is 2.59. The number of likely N-dealkylation sites (tertiary alicyclic amines) is 1. The molecule has 2 unspecified atom stereocenters. The van der Waals surface area contributed by atoms with E-state index in [1.807, 2.05) is 13.8 Å². The van der Waals surface area contributed by atoms with Gasteiger partial charge in [0.1, 0.15) is 11.9 Å². The van der Waals surface area contributed by atoms with Crippen molar-refractivity contribution in [1.82, 2.24) is 10.2 Å². The Bertz CT molecular complexity index is 634. The Labute approximate surface area is 160 Å². The fourth-order valence-corrected chi connectivity index (χ4v) is 3.10. The van der Waals surface area contributed by atoms with Gasteiger partial charge >= 0.3 is 0 Å². The molecule has 0 spiro atoms. The van der Waals surface area contributed by atoms with Gasteiger partial charge in [-0.25, -0.2) is 4.39 Å². The van der Waals surface area contributed by atoms with Gasteiger partial charge in [-0.1, -0.05) is 27.7 Å². The number of hydrogen-bond acceptors (Lipinski definition) is 3. The summed E-state index contributed by atoms with van der Waals surface area (Å²) in [5, 5.41) is 2.80. The zero-order chi connectivity index (χ0) is 18.8. The quantitative estimate of drug-likeness (QED) is 0.836. The van der Waals surface area contributed by atoms with Crippen LogP contribution in [0.1, 0.15) is 44.5 Å². The molecule has 1 aliphatic heterocycles. The third kappa shape index (κ3) is 5.17. The molecule has 0 aromatic heterocycles. The molecular formula is C19H29ClFN3O2. The van der Waals surface area contributed by atoms with Crippen molar-refractivity contribution >= 4 is 24.2 Å². The SMILES string of the molecule is CC(C)C(NC(=O)c1ccc(F)cc1)C(=O)N1CCC(N)C(C)(C)C1.Cl. The van der Waals surface area contributed by atoms with Crippen molar-refractivity contribution in [3.05, 3.63) is 35.6 Å². The molecule has 1 saturated heterocycles. The van der Waals surface area contributed by atoms with E-state index in [0.29, 0.717) is 18.7 Å². The van der Waals surface area contributed by atoms with Crippen LogP contribution in [0.4, 0.5) is 4.39 Å². The molecular weight excluding hydrogens is 357 g/mol. The highest BCUT2D eigenvalue weighted by Gasteiger charge is 2.38. The maximum absolute atomic E-state index is 13.0. The molecule has 0 aliphatic carbocycles. The molecule has 0 saturated carbocycles. The van der Waals surface area contributed by atoms with Crippen LogP contribution < -0.4 is 11.1 Å². The topological polar surface area (TPSA) is 75.4 Å². The Kier molecular flexibility index (Phi) is 7.59. The van der Waals surface area contributed by atoms with Gasteiger partial charge in [-0.3, -0.25) is 9.59 Å². The first kappa shape index (κ1) is 22.4. The average Bonchev–Trinajstić information content (AvgIpc) is 2.54. The van der Waals surface area contributed by atoms with Crippen LogP contribution >= 0.6 is 12.4 Å². The average molecular weight is 386 g/mol.